The highest BCUT2D eigenvalue weighted by Gasteiger charge is 2.07. The van der Waals surface area contributed by atoms with Gasteiger partial charge in [0.15, 0.2) is 11.6 Å². The van der Waals surface area contributed by atoms with Crippen LogP contribution in [0, 0.1) is 5.82 Å². The highest BCUT2D eigenvalue weighted by atomic mass is 79.9. The van der Waals surface area contributed by atoms with Crippen LogP contribution in [-0.2, 0) is 0 Å². The lowest BCUT2D eigenvalue weighted by atomic mass is 10.3. The lowest BCUT2D eigenvalue weighted by Gasteiger charge is -2.09. The molecule has 0 saturated carbocycles. The topological polar surface area (TPSA) is 56.3 Å². The molecule has 0 unspecified atom stereocenters. The molecule has 5 nitrogen and oxygen atoms in total. The smallest absolute Gasteiger partial charge is 0.232 e. The summed E-state index contributed by atoms with van der Waals surface area (Å²) in [5.74, 6) is 0.469. The molecule has 0 aliphatic carbocycles. The first-order valence-electron chi connectivity index (χ1n) is 5.31. The zero-order chi connectivity index (χ0) is 13.8. The average Bonchev–Trinajstić information content (AvgIpc) is 2.43. The maximum absolute atomic E-state index is 13.3. The third kappa shape index (κ3) is 3.11. The van der Waals surface area contributed by atoms with Crippen LogP contribution in [0.3, 0.4) is 0 Å². The molecule has 0 saturated heterocycles. The number of benzene rings is 1. The van der Waals surface area contributed by atoms with Crippen molar-refractivity contribution < 1.29 is 13.9 Å². The Balaban J connectivity index is 2.25. The summed E-state index contributed by atoms with van der Waals surface area (Å²) in [4.78, 5) is 8.21. The van der Waals surface area contributed by atoms with Gasteiger partial charge in [0.05, 0.1) is 24.9 Å². The van der Waals surface area contributed by atoms with Crippen molar-refractivity contribution in [3.63, 3.8) is 0 Å². The van der Waals surface area contributed by atoms with Gasteiger partial charge in [-0.1, -0.05) is 0 Å². The fourth-order valence-corrected chi connectivity index (χ4v) is 1.77. The van der Waals surface area contributed by atoms with Crippen molar-refractivity contribution in [3.05, 3.63) is 34.7 Å². The number of nitrogens with one attached hydrogen (secondary N) is 1. The van der Waals surface area contributed by atoms with Gasteiger partial charge in [0, 0.05) is 11.8 Å². The lowest BCUT2D eigenvalue weighted by molar-refractivity contribution is 0.387. The summed E-state index contributed by atoms with van der Waals surface area (Å²) in [6.45, 7) is 0. The first kappa shape index (κ1) is 13.5. The van der Waals surface area contributed by atoms with Crippen LogP contribution in [0.25, 0.3) is 0 Å². The standard InChI is InChI=1S/C12H11BrFN3O2/c1-18-10-5-7(3-4-9(10)14)16-12-15-6-8(13)11(17-12)19-2/h3-6H,1-2H3,(H,15,16,17). The summed E-state index contributed by atoms with van der Waals surface area (Å²) in [7, 11) is 2.92. The number of halogens is 2. The third-order valence-electron chi connectivity index (χ3n) is 2.31. The monoisotopic (exact) mass is 327 g/mol. The van der Waals surface area contributed by atoms with Crippen molar-refractivity contribution in [2.45, 2.75) is 0 Å². The Kier molecular flexibility index (Phi) is 4.16. The number of anilines is 2. The number of rotatable bonds is 4. The predicted octanol–water partition coefficient (Wildman–Crippen LogP) is 3.14. The Labute approximate surface area is 117 Å². The average molecular weight is 328 g/mol. The zero-order valence-corrected chi connectivity index (χ0v) is 11.9. The molecule has 19 heavy (non-hydrogen) atoms. The second-order valence-electron chi connectivity index (χ2n) is 3.53. The van der Waals surface area contributed by atoms with Crippen LogP contribution in [0.1, 0.15) is 0 Å². The minimum atomic E-state index is -0.428. The zero-order valence-electron chi connectivity index (χ0n) is 10.3. The molecule has 0 aliphatic heterocycles. The van der Waals surface area contributed by atoms with Gasteiger partial charge in [0.2, 0.25) is 11.8 Å². The molecule has 2 aromatic rings. The number of ether oxygens (including phenoxy) is 2. The van der Waals surface area contributed by atoms with E-state index < -0.39 is 5.82 Å². The van der Waals surface area contributed by atoms with E-state index in [0.717, 1.165) is 0 Å². The van der Waals surface area contributed by atoms with Gasteiger partial charge in [-0.2, -0.15) is 4.98 Å². The van der Waals surface area contributed by atoms with E-state index in [1.54, 1.807) is 12.3 Å². The van der Waals surface area contributed by atoms with Crippen molar-refractivity contribution in [2.75, 3.05) is 19.5 Å². The van der Waals surface area contributed by atoms with E-state index in [4.69, 9.17) is 9.47 Å². The van der Waals surface area contributed by atoms with Gasteiger partial charge in [0.1, 0.15) is 0 Å². The predicted molar refractivity (Wildman–Crippen MR) is 72.5 cm³/mol. The molecule has 0 atom stereocenters. The van der Waals surface area contributed by atoms with Crippen LogP contribution < -0.4 is 14.8 Å². The summed E-state index contributed by atoms with van der Waals surface area (Å²) in [6.07, 6.45) is 1.56. The summed E-state index contributed by atoms with van der Waals surface area (Å²) in [5.41, 5.74) is 0.614. The number of hydrogen-bond donors (Lipinski definition) is 1. The number of aromatic nitrogens is 2. The number of nitrogens with zero attached hydrogens (tertiary/aromatic N) is 2. The molecule has 0 bridgehead atoms. The minimum absolute atomic E-state index is 0.147. The van der Waals surface area contributed by atoms with Crippen molar-refractivity contribution in [2.24, 2.45) is 0 Å². The molecule has 7 heteroatoms. The van der Waals surface area contributed by atoms with Gasteiger partial charge in [-0.15, -0.1) is 0 Å². The molecular formula is C12H11BrFN3O2. The maximum atomic E-state index is 13.3. The van der Waals surface area contributed by atoms with Crippen LogP contribution in [0.2, 0.25) is 0 Å². The van der Waals surface area contributed by atoms with Crippen LogP contribution in [-0.4, -0.2) is 24.2 Å². The van der Waals surface area contributed by atoms with Crippen LogP contribution >= 0.6 is 15.9 Å². The highest BCUT2D eigenvalue weighted by molar-refractivity contribution is 9.10. The first-order valence-corrected chi connectivity index (χ1v) is 6.10. The van der Waals surface area contributed by atoms with E-state index in [2.05, 4.69) is 31.2 Å². The van der Waals surface area contributed by atoms with Gasteiger partial charge in [-0.25, -0.2) is 9.37 Å². The molecule has 0 fully saturated rings. The molecule has 1 heterocycles. The molecule has 1 aromatic carbocycles. The Morgan fingerprint density at radius 1 is 1.26 bits per heavy atom. The van der Waals surface area contributed by atoms with Crippen LogP contribution in [0.4, 0.5) is 16.0 Å². The van der Waals surface area contributed by atoms with Gasteiger partial charge in [0.25, 0.3) is 0 Å². The Morgan fingerprint density at radius 2 is 2.05 bits per heavy atom. The molecule has 0 spiro atoms. The summed E-state index contributed by atoms with van der Waals surface area (Å²) in [6, 6.07) is 4.39. The lowest BCUT2D eigenvalue weighted by Crippen LogP contribution is -2.00. The van der Waals surface area contributed by atoms with E-state index >= 15 is 0 Å². The SMILES string of the molecule is COc1cc(Nc2ncc(Br)c(OC)n2)ccc1F. The van der Waals surface area contributed by atoms with Gasteiger partial charge in [-0.05, 0) is 28.1 Å². The highest BCUT2D eigenvalue weighted by Crippen LogP contribution is 2.26. The van der Waals surface area contributed by atoms with Crippen LogP contribution in [0.5, 0.6) is 11.6 Å². The van der Waals surface area contributed by atoms with E-state index in [1.165, 1.54) is 26.4 Å². The van der Waals surface area contributed by atoms with E-state index in [0.29, 0.717) is 22.0 Å². The van der Waals surface area contributed by atoms with E-state index in [9.17, 15) is 4.39 Å². The quantitative estimate of drug-likeness (QED) is 0.934. The Hall–Kier alpha value is -1.89. The summed E-state index contributed by atoms with van der Waals surface area (Å²) >= 11 is 3.26. The molecular weight excluding hydrogens is 317 g/mol. The molecule has 100 valence electrons. The summed E-state index contributed by atoms with van der Waals surface area (Å²) < 4.78 is 23.9. The molecule has 1 N–H and O–H groups in total. The second-order valence-corrected chi connectivity index (χ2v) is 4.38. The second kappa shape index (κ2) is 5.83. The van der Waals surface area contributed by atoms with E-state index in [-0.39, 0.29) is 5.75 Å². The normalized spacial score (nSPS) is 10.1. The fourth-order valence-electron chi connectivity index (χ4n) is 1.42. The molecule has 0 aliphatic rings. The molecule has 0 amide bonds. The molecule has 0 radical (unpaired) electrons. The first-order chi connectivity index (χ1) is 9.13. The Morgan fingerprint density at radius 3 is 2.74 bits per heavy atom. The molecule has 1 aromatic heterocycles. The van der Waals surface area contributed by atoms with Crippen molar-refractivity contribution in [1.29, 1.82) is 0 Å². The van der Waals surface area contributed by atoms with Crippen molar-refractivity contribution in [1.82, 2.24) is 9.97 Å². The van der Waals surface area contributed by atoms with Crippen molar-refractivity contribution in [3.8, 4) is 11.6 Å². The molecule has 2 rings (SSSR count). The largest absolute Gasteiger partial charge is 0.494 e. The minimum Gasteiger partial charge on any atom is -0.494 e. The van der Waals surface area contributed by atoms with Gasteiger partial charge in [-0.3, -0.25) is 0 Å². The number of hydrogen-bond acceptors (Lipinski definition) is 5. The summed E-state index contributed by atoms with van der Waals surface area (Å²) in [5, 5.41) is 2.94. The fraction of sp³-hybridized carbons (Fsp3) is 0.167. The van der Waals surface area contributed by atoms with Crippen LogP contribution in [0.15, 0.2) is 28.9 Å². The van der Waals surface area contributed by atoms with Gasteiger partial charge < -0.3 is 14.8 Å². The van der Waals surface area contributed by atoms with Crippen molar-refractivity contribution >= 4 is 27.6 Å². The Bertz CT molecular complexity index is 544. The van der Waals surface area contributed by atoms with E-state index in [1.807, 2.05) is 0 Å². The van der Waals surface area contributed by atoms with Gasteiger partial charge >= 0.3 is 0 Å². The maximum Gasteiger partial charge on any atom is 0.232 e. The third-order valence-corrected chi connectivity index (χ3v) is 2.86. The number of methoxy groups -OCH3 is 2.